The molecule has 1 rings (SSSR count). The molecule has 1 fully saturated rings. The van der Waals surface area contributed by atoms with Crippen LogP contribution in [-0.4, -0.2) is 50.1 Å². The van der Waals surface area contributed by atoms with Gasteiger partial charge < -0.3 is 9.80 Å². The van der Waals surface area contributed by atoms with Crippen molar-refractivity contribution in [2.75, 3.05) is 40.3 Å². The summed E-state index contributed by atoms with van der Waals surface area (Å²) in [6.45, 7) is 13.6. The van der Waals surface area contributed by atoms with Crippen LogP contribution >= 0.6 is 0 Å². The molecule has 16 heavy (non-hydrogen) atoms. The van der Waals surface area contributed by atoms with Crippen LogP contribution in [0, 0.1) is 5.41 Å². The SMILES string of the molecule is CC.CCN(C)CCC1(CC)CCN(C)C1. The second kappa shape index (κ2) is 8.08. The van der Waals surface area contributed by atoms with Crippen molar-refractivity contribution in [3.8, 4) is 0 Å². The first-order valence-corrected chi connectivity index (χ1v) is 6.99. The van der Waals surface area contributed by atoms with Gasteiger partial charge in [-0.05, 0) is 58.4 Å². The van der Waals surface area contributed by atoms with E-state index in [1.807, 2.05) is 13.8 Å². The summed E-state index contributed by atoms with van der Waals surface area (Å²) in [6.07, 6.45) is 4.12. The Balaban J connectivity index is 0.00000106. The lowest BCUT2D eigenvalue weighted by atomic mass is 9.81. The van der Waals surface area contributed by atoms with Gasteiger partial charge in [-0.25, -0.2) is 0 Å². The Labute approximate surface area is 103 Å². The van der Waals surface area contributed by atoms with Gasteiger partial charge in [0.1, 0.15) is 0 Å². The Morgan fingerprint density at radius 3 is 2.25 bits per heavy atom. The van der Waals surface area contributed by atoms with Gasteiger partial charge in [0.2, 0.25) is 0 Å². The highest BCUT2D eigenvalue weighted by atomic mass is 15.1. The topological polar surface area (TPSA) is 6.48 Å². The maximum atomic E-state index is 2.48. The standard InChI is InChI=1S/C12H26N2.C2H6/c1-5-12(7-9-13(3)6-2)8-10-14(4)11-12;1-2/h5-11H2,1-4H3;1-2H3. The van der Waals surface area contributed by atoms with E-state index in [0.29, 0.717) is 5.41 Å². The van der Waals surface area contributed by atoms with Gasteiger partial charge in [-0.15, -0.1) is 0 Å². The van der Waals surface area contributed by atoms with Crippen molar-refractivity contribution >= 4 is 0 Å². The number of hydrogen-bond acceptors (Lipinski definition) is 2. The maximum absolute atomic E-state index is 2.48. The van der Waals surface area contributed by atoms with Crippen molar-refractivity contribution in [2.24, 2.45) is 5.41 Å². The molecule has 0 saturated carbocycles. The quantitative estimate of drug-likeness (QED) is 0.713. The maximum Gasteiger partial charge on any atom is 0.00358 e. The van der Waals surface area contributed by atoms with Crippen LogP contribution in [0.5, 0.6) is 0 Å². The van der Waals surface area contributed by atoms with Crippen molar-refractivity contribution in [1.82, 2.24) is 9.80 Å². The summed E-state index contributed by atoms with van der Waals surface area (Å²) in [5, 5.41) is 0. The van der Waals surface area contributed by atoms with Crippen LogP contribution in [0.4, 0.5) is 0 Å². The molecule has 2 nitrogen and oxygen atoms in total. The number of likely N-dealkylation sites (tertiary alicyclic amines) is 1. The highest BCUT2D eigenvalue weighted by Gasteiger charge is 2.34. The third kappa shape index (κ3) is 4.84. The average molecular weight is 228 g/mol. The summed E-state index contributed by atoms with van der Waals surface area (Å²) in [5.74, 6) is 0. The summed E-state index contributed by atoms with van der Waals surface area (Å²) in [6, 6.07) is 0. The van der Waals surface area contributed by atoms with E-state index in [9.17, 15) is 0 Å². The minimum Gasteiger partial charge on any atom is -0.307 e. The van der Waals surface area contributed by atoms with Crippen LogP contribution in [0.25, 0.3) is 0 Å². The predicted octanol–water partition coefficient (Wildman–Crippen LogP) is 3.09. The largest absolute Gasteiger partial charge is 0.307 e. The summed E-state index contributed by atoms with van der Waals surface area (Å²) in [4.78, 5) is 4.91. The van der Waals surface area contributed by atoms with Gasteiger partial charge in [0.15, 0.2) is 0 Å². The van der Waals surface area contributed by atoms with E-state index in [2.05, 4.69) is 37.7 Å². The van der Waals surface area contributed by atoms with Gasteiger partial charge in [-0.3, -0.25) is 0 Å². The molecule has 0 amide bonds. The molecule has 0 aliphatic carbocycles. The zero-order valence-corrected chi connectivity index (χ0v) is 12.3. The molecule has 0 bridgehead atoms. The first kappa shape index (κ1) is 15.9. The first-order valence-electron chi connectivity index (χ1n) is 6.99. The third-order valence-corrected chi connectivity index (χ3v) is 3.94. The Bertz CT molecular complexity index is 170. The van der Waals surface area contributed by atoms with Crippen LogP contribution in [0.15, 0.2) is 0 Å². The number of rotatable bonds is 5. The fourth-order valence-corrected chi connectivity index (χ4v) is 2.41. The second-order valence-electron chi connectivity index (χ2n) is 4.99. The van der Waals surface area contributed by atoms with Crippen LogP contribution in [0.3, 0.4) is 0 Å². The van der Waals surface area contributed by atoms with Crippen molar-refractivity contribution < 1.29 is 0 Å². The smallest absolute Gasteiger partial charge is 0.00358 e. The number of nitrogens with zero attached hydrogens (tertiary/aromatic N) is 2. The van der Waals surface area contributed by atoms with Gasteiger partial charge in [-0.1, -0.05) is 27.7 Å². The number of hydrogen-bond donors (Lipinski definition) is 0. The molecule has 1 heterocycles. The van der Waals surface area contributed by atoms with Gasteiger partial charge in [-0.2, -0.15) is 0 Å². The monoisotopic (exact) mass is 228 g/mol. The third-order valence-electron chi connectivity index (χ3n) is 3.94. The molecule has 1 aliphatic heterocycles. The summed E-state index contributed by atoms with van der Waals surface area (Å²) < 4.78 is 0. The van der Waals surface area contributed by atoms with Gasteiger partial charge in [0.25, 0.3) is 0 Å². The zero-order chi connectivity index (χ0) is 12.6. The lowest BCUT2D eigenvalue weighted by Gasteiger charge is -2.29. The second-order valence-corrected chi connectivity index (χ2v) is 4.99. The fourth-order valence-electron chi connectivity index (χ4n) is 2.41. The molecule has 1 aliphatic rings. The van der Waals surface area contributed by atoms with E-state index in [-0.39, 0.29) is 0 Å². The molecule has 1 saturated heterocycles. The van der Waals surface area contributed by atoms with E-state index in [0.717, 1.165) is 0 Å². The Kier molecular flexibility index (Phi) is 8.04. The van der Waals surface area contributed by atoms with Crippen molar-refractivity contribution in [3.05, 3.63) is 0 Å². The molecular weight excluding hydrogens is 196 g/mol. The first-order chi connectivity index (χ1) is 7.62. The summed E-state index contributed by atoms with van der Waals surface area (Å²) >= 11 is 0. The van der Waals surface area contributed by atoms with E-state index < -0.39 is 0 Å². The highest BCUT2D eigenvalue weighted by molar-refractivity contribution is 4.88. The fraction of sp³-hybridized carbons (Fsp3) is 1.00. The Morgan fingerprint density at radius 2 is 1.88 bits per heavy atom. The summed E-state index contributed by atoms with van der Waals surface area (Å²) in [7, 11) is 4.48. The zero-order valence-electron chi connectivity index (χ0n) is 12.3. The van der Waals surface area contributed by atoms with Crippen LogP contribution < -0.4 is 0 Å². The van der Waals surface area contributed by atoms with Gasteiger partial charge >= 0.3 is 0 Å². The van der Waals surface area contributed by atoms with Crippen LogP contribution in [-0.2, 0) is 0 Å². The highest BCUT2D eigenvalue weighted by Crippen LogP contribution is 2.36. The summed E-state index contributed by atoms with van der Waals surface area (Å²) in [5.41, 5.74) is 0.623. The van der Waals surface area contributed by atoms with E-state index >= 15 is 0 Å². The molecule has 0 aromatic heterocycles. The van der Waals surface area contributed by atoms with E-state index in [1.54, 1.807) is 0 Å². The molecule has 1 unspecified atom stereocenters. The molecule has 98 valence electrons. The van der Waals surface area contributed by atoms with E-state index in [1.165, 1.54) is 45.4 Å². The lowest BCUT2D eigenvalue weighted by Crippen LogP contribution is -2.30. The minimum absolute atomic E-state index is 0.623. The van der Waals surface area contributed by atoms with Crippen LogP contribution in [0.2, 0.25) is 0 Å². The van der Waals surface area contributed by atoms with Crippen molar-refractivity contribution in [3.63, 3.8) is 0 Å². The van der Waals surface area contributed by atoms with Gasteiger partial charge in [0, 0.05) is 6.54 Å². The Morgan fingerprint density at radius 1 is 1.25 bits per heavy atom. The van der Waals surface area contributed by atoms with Crippen molar-refractivity contribution in [1.29, 1.82) is 0 Å². The minimum atomic E-state index is 0.623. The normalized spacial score (nSPS) is 25.7. The Hall–Kier alpha value is -0.0800. The molecule has 0 N–H and O–H groups in total. The van der Waals surface area contributed by atoms with Gasteiger partial charge in [0.05, 0.1) is 0 Å². The van der Waals surface area contributed by atoms with Crippen LogP contribution in [0.1, 0.15) is 47.0 Å². The van der Waals surface area contributed by atoms with Crippen molar-refractivity contribution in [2.45, 2.75) is 47.0 Å². The molecular formula is C14H32N2. The average Bonchev–Trinajstić information content (AvgIpc) is 2.71. The molecule has 0 spiro atoms. The molecule has 0 aromatic carbocycles. The molecule has 1 atom stereocenters. The molecule has 2 heteroatoms. The molecule has 0 radical (unpaired) electrons. The molecule has 0 aromatic rings. The lowest BCUT2D eigenvalue weighted by molar-refractivity contribution is 0.210. The predicted molar refractivity (Wildman–Crippen MR) is 74.0 cm³/mol. The van der Waals surface area contributed by atoms with E-state index in [4.69, 9.17) is 0 Å².